The van der Waals surface area contributed by atoms with E-state index in [1.54, 1.807) is 6.92 Å². The van der Waals surface area contributed by atoms with Crippen molar-refractivity contribution in [3.8, 4) is 0 Å². The summed E-state index contributed by atoms with van der Waals surface area (Å²) in [6, 6.07) is 0. The summed E-state index contributed by atoms with van der Waals surface area (Å²) < 4.78 is 17.2. The Morgan fingerprint density at radius 1 is 1.75 bits per heavy atom. The lowest BCUT2D eigenvalue weighted by Crippen LogP contribution is -2.45. The van der Waals surface area contributed by atoms with Crippen molar-refractivity contribution in [1.82, 2.24) is 5.32 Å². The van der Waals surface area contributed by atoms with Gasteiger partial charge in [0.05, 0.1) is 7.11 Å². The van der Waals surface area contributed by atoms with Crippen LogP contribution in [0.1, 0.15) is 13.3 Å². The lowest BCUT2D eigenvalue weighted by atomic mass is 10.0. The summed E-state index contributed by atoms with van der Waals surface area (Å²) in [5.74, 6) is -0.391. The lowest BCUT2D eigenvalue weighted by molar-refractivity contribution is -0.147. The molecule has 1 aliphatic heterocycles. The summed E-state index contributed by atoms with van der Waals surface area (Å²) in [6.07, 6.45) is -0.723. The van der Waals surface area contributed by atoms with Gasteiger partial charge in [-0.05, 0) is 6.92 Å². The van der Waals surface area contributed by atoms with E-state index >= 15 is 0 Å². The van der Waals surface area contributed by atoms with Gasteiger partial charge in [-0.3, -0.25) is 10.1 Å². The zero-order chi connectivity index (χ0) is 8.48. The molecule has 0 amide bonds. The molecule has 1 fully saturated rings. The number of carbonyl (C=O) groups excluding carboxylic acids is 1. The number of ether oxygens (including phenoxy) is 1. The molecular formula is C7H13ClFNO2. The Morgan fingerprint density at radius 3 is 2.67 bits per heavy atom. The van der Waals surface area contributed by atoms with Gasteiger partial charge in [-0.25, -0.2) is 4.39 Å². The molecule has 0 aliphatic carbocycles. The van der Waals surface area contributed by atoms with Crippen LogP contribution in [-0.2, 0) is 9.53 Å². The van der Waals surface area contributed by atoms with E-state index in [2.05, 4.69) is 10.1 Å². The number of hydrogen-bond donors (Lipinski definition) is 1. The molecule has 1 aliphatic rings. The van der Waals surface area contributed by atoms with Gasteiger partial charge in [-0.15, -0.1) is 12.4 Å². The Hall–Kier alpha value is -0.350. The number of carbonyl (C=O) groups is 1. The molecule has 1 saturated heterocycles. The second-order valence-electron chi connectivity index (χ2n) is 3.01. The Balaban J connectivity index is 0.00000121. The summed E-state index contributed by atoms with van der Waals surface area (Å²) in [5, 5.41) is 2.78. The largest absolute Gasteiger partial charge is 0.468 e. The van der Waals surface area contributed by atoms with Gasteiger partial charge in [0.1, 0.15) is 11.7 Å². The number of alkyl halides is 1. The summed E-state index contributed by atoms with van der Waals surface area (Å²) in [5.41, 5.74) is -0.811. The van der Waals surface area contributed by atoms with Crippen molar-refractivity contribution >= 4 is 18.4 Å². The first-order chi connectivity index (χ1) is 5.08. The minimum Gasteiger partial charge on any atom is -0.468 e. The molecule has 0 aromatic carbocycles. The van der Waals surface area contributed by atoms with E-state index in [4.69, 9.17) is 0 Å². The predicted octanol–water partition coefficient (Wildman–Crippen LogP) is 0.671. The summed E-state index contributed by atoms with van der Waals surface area (Å²) in [7, 11) is 1.31. The van der Waals surface area contributed by atoms with Crippen LogP contribution in [0.15, 0.2) is 0 Å². The Labute approximate surface area is 77.1 Å². The highest BCUT2D eigenvalue weighted by Crippen LogP contribution is 2.22. The zero-order valence-corrected chi connectivity index (χ0v) is 7.91. The summed E-state index contributed by atoms with van der Waals surface area (Å²) in [4.78, 5) is 11.0. The van der Waals surface area contributed by atoms with Gasteiger partial charge in [0, 0.05) is 13.0 Å². The van der Waals surface area contributed by atoms with Crippen molar-refractivity contribution in [3.05, 3.63) is 0 Å². The maximum Gasteiger partial charge on any atom is 0.325 e. The lowest BCUT2D eigenvalue weighted by Gasteiger charge is -2.19. The van der Waals surface area contributed by atoms with E-state index in [0.717, 1.165) is 0 Å². The first-order valence-electron chi connectivity index (χ1n) is 3.56. The minimum absolute atomic E-state index is 0. The number of halogens is 2. The van der Waals surface area contributed by atoms with E-state index in [1.165, 1.54) is 7.11 Å². The molecule has 0 aromatic rings. The number of hydrogen-bond acceptors (Lipinski definition) is 3. The first kappa shape index (κ1) is 11.6. The standard InChI is InChI=1S/C7H12FNO2.ClH/c1-7(6(10)11-2)3-5(8)4-9-7;/h5,9H,3-4H2,1-2H3;1H/t5-,7-;/m0./s1. The zero-order valence-electron chi connectivity index (χ0n) is 7.09. The van der Waals surface area contributed by atoms with Crippen LogP contribution >= 0.6 is 12.4 Å². The quantitative estimate of drug-likeness (QED) is 0.628. The van der Waals surface area contributed by atoms with Gasteiger partial charge in [0.2, 0.25) is 0 Å². The molecule has 0 bridgehead atoms. The summed E-state index contributed by atoms with van der Waals surface area (Å²) in [6.45, 7) is 1.89. The number of rotatable bonds is 1. The highest BCUT2D eigenvalue weighted by atomic mass is 35.5. The number of methoxy groups -OCH3 is 1. The SMILES string of the molecule is COC(=O)[C@]1(C)C[C@H](F)CN1.Cl. The van der Waals surface area contributed by atoms with Crippen LogP contribution in [0.5, 0.6) is 0 Å². The van der Waals surface area contributed by atoms with Gasteiger partial charge in [0.15, 0.2) is 0 Å². The minimum atomic E-state index is -0.931. The molecule has 1 heterocycles. The van der Waals surface area contributed by atoms with E-state index in [1.807, 2.05) is 0 Å². The molecule has 1 N–H and O–H groups in total. The second-order valence-corrected chi connectivity index (χ2v) is 3.01. The fraction of sp³-hybridized carbons (Fsp3) is 0.857. The van der Waals surface area contributed by atoms with Crippen LogP contribution in [-0.4, -0.2) is 31.3 Å². The highest BCUT2D eigenvalue weighted by Gasteiger charge is 2.41. The number of esters is 1. The molecular weight excluding hydrogens is 185 g/mol. The fourth-order valence-electron chi connectivity index (χ4n) is 1.30. The molecule has 0 unspecified atom stereocenters. The fourth-order valence-corrected chi connectivity index (χ4v) is 1.30. The maximum atomic E-state index is 12.6. The van der Waals surface area contributed by atoms with Crippen LogP contribution in [0.4, 0.5) is 4.39 Å². The van der Waals surface area contributed by atoms with Gasteiger partial charge in [-0.2, -0.15) is 0 Å². The smallest absolute Gasteiger partial charge is 0.325 e. The van der Waals surface area contributed by atoms with Crippen LogP contribution in [0.3, 0.4) is 0 Å². The molecule has 5 heteroatoms. The molecule has 0 saturated carbocycles. The Bertz CT molecular complexity index is 179. The third-order valence-electron chi connectivity index (χ3n) is 1.98. The van der Waals surface area contributed by atoms with Crippen LogP contribution < -0.4 is 5.32 Å². The average molecular weight is 198 g/mol. The summed E-state index contributed by atoms with van der Waals surface area (Å²) >= 11 is 0. The third kappa shape index (κ3) is 2.08. The van der Waals surface area contributed by atoms with Gasteiger partial charge in [-0.1, -0.05) is 0 Å². The van der Waals surface area contributed by atoms with Crippen molar-refractivity contribution in [2.24, 2.45) is 0 Å². The molecule has 0 spiro atoms. The van der Waals surface area contributed by atoms with E-state index in [-0.39, 0.29) is 25.4 Å². The van der Waals surface area contributed by atoms with Crippen LogP contribution in [0.2, 0.25) is 0 Å². The monoisotopic (exact) mass is 197 g/mol. The van der Waals surface area contributed by atoms with Gasteiger partial charge in [0.25, 0.3) is 0 Å². The van der Waals surface area contributed by atoms with Crippen molar-refractivity contribution in [2.45, 2.75) is 25.1 Å². The normalized spacial score (nSPS) is 34.1. The number of nitrogens with one attached hydrogen (secondary N) is 1. The molecule has 12 heavy (non-hydrogen) atoms. The Kier molecular flexibility index (Phi) is 3.93. The molecule has 3 nitrogen and oxygen atoms in total. The van der Waals surface area contributed by atoms with Crippen molar-refractivity contribution < 1.29 is 13.9 Å². The van der Waals surface area contributed by atoms with Gasteiger partial charge < -0.3 is 4.74 Å². The maximum absolute atomic E-state index is 12.6. The van der Waals surface area contributed by atoms with Crippen LogP contribution in [0, 0.1) is 0 Å². The molecule has 1 rings (SSSR count). The second kappa shape index (κ2) is 4.05. The average Bonchev–Trinajstić information content (AvgIpc) is 2.31. The van der Waals surface area contributed by atoms with Crippen molar-refractivity contribution in [3.63, 3.8) is 0 Å². The van der Waals surface area contributed by atoms with E-state index in [0.29, 0.717) is 0 Å². The molecule has 2 atom stereocenters. The Morgan fingerprint density at radius 2 is 2.33 bits per heavy atom. The molecule has 0 aromatic heterocycles. The van der Waals surface area contributed by atoms with Crippen LogP contribution in [0.25, 0.3) is 0 Å². The van der Waals surface area contributed by atoms with Crippen molar-refractivity contribution in [1.29, 1.82) is 0 Å². The molecule has 0 radical (unpaired) electrons. The van der Waals surface area contributed by atoms with Gasteiger partial charge >= 0.3 is 5.97 Å². The third-order valence-corrected chi connectivity index (χ3v) is 1.98. The molecule has 72 valence electrons. The topological polar surface area (TPSA) is 38.3 Å². The van der Waals surface area contributed by atoms with Crippen molar-refractivity contribution in [2.75, 3.05) is 13.7 Å². The highest BCUT2D eigenvalue weighted by molar-refractivity contribution is 5.85. The predicted molar refractivity (Wildman–Crippen MR) is 45.2 cm³/mol. The van der Waals surface area contributed by atoms with E-state index < -0.39 is 17.7 Å². The van der Waals surface area contributed by atoms with E-state index in [9.17, 15) is 9.18 Å². The first-order valence-corrected chi connectivity index (χ1v) is 3.56.